The van der Waals surface area contributed by atoms with Crippen LogP contribution in [0.5, 0.6) is 0 Å². The highest BCUT2D eigenvalue weighted by atomic mass is 32.2. The maximum Gasteiger partial charge on any atom is 0.416 e. The molecule has 18 heavy (non-hydrogen) atoms. The van der Waals surface area contributed by atoms with Crippen molar-refractivity contribution in [2.24, 2.45) is 0 Å². The summed E-state index contributed by atoms with van der Waals surface area (Å²) in [5.41, 5.74) is 0.210. The molecule has 0 saturated carbocycles. The van der Waals surface area contributed by atoms with Crippen molar-refractivity contribution in [3.8, 4) is 0 Å². The van der Waals surface area contributed by atoms with Gasteiger partial charge in [0.2, 0.25) is 0 Å². The molecule has 0 spiro atoms. The Hall–Kier alpha value is -1.62. The molecule has 5 heteroatoms. The average molecular weight is 269 g/mol. The van der Waals surface area contributed by atoms with Gasteiger partial charge < -0.3 is 4.72 Å². The van der Waals surface area contributed by atoms with Crippen LogP contribution in [0.2, 0.25) is 0 Å². The van der Waals surface area contributed by atoms with E-state index in [0.29, 0.717) is 4.90 Å². The molecule has 1 nitrogen and oxygen atoms in total. The summed E-state index contributed by atoms with van der Waals surface area (Å²) in [7, 11) is 0. The van der Waals surface area contributed by atoms with Gasteiger partial charge in [0.25, 0.3) is 0 Å². The molecule has 0 unspecified atom stereocenters. The molecule has 0 aliphatic rings. The van der Waals surface area contributed by atoms with E-state index in [1.807, 2.05) is 30.3 Å². The SMILES string of the molecule is FC(F)(F)c1cccc(SNc2ccccc2)c1. The van der Waals surface area contributed by atoms with Crippen molar-refractivity contribution in [2.75, 3.05) is 4.72 Å². The summed E-state index contributed by atoms with van der Waals surface area (Å²) >= 11 is 1.15. The second-order valence-corrected chi connectivity index (χ2v) is 4.48. The van der Waals surface area contributed by atoms with Gasteiger partial charge in [-0.05, 0) is 42.3 Å². The first kappa shape index (κ1) is 12.8. The van der Waals surface area contributed by atoms with Crippen LogP contribution in [0.1, 0.15) is 5.56 Å². The zero-order valence-electron chi connectivity index (χ0n) is 9.24. The van der Waals surface area contributed by atoms with Crippen molar-refractivity contribution in [3.05, 3.63) is 60.2 Å². The van der Waals surface area contributed by atoms with E-state index in [4.69, 9.17) is 0 Å². The Morgan fingerprint density at radius 1 is 0.889 bits per heavy atom. The highest BCUT2D eigenvalue weighted by Crippen LogP contribution is 2.32. The summed E-state index contributed by atoms with van der Waals surface area (Å²) in [5.74, 6) is 0. The minimum atomic E-state index is -4.30. The number of anilines is 1. The lowest BCUT2D eigenvalue weighted by atomic mass is 10.2. The van der Waals surface area contributed by atoms with E-state index in [1.54, 1.807) is 6.07 Å². The van der Waals surface area contributed by atoms with Gasteiger partial charge in [0, 0.05) is 10.6 Å². The van der Waals surface area contributed by atoms with Gasteiger partial charge in [-0.2, -0.15) is 13.2 Å². The van der Waals surface area contributed by atoms with Crippen LogP contribution in [0.15, 0.2) is 59.5 Å². The molecular weight excluding hydrogens is 259 g/mol. The molecule has 2 rings (SSSR count). The lowest BCUT2D eigenvalue weighted by Gasteiger charge is -2.09. The third-order valence-corrected chi connectivity index (χ3v) is 3.05. The monoisotopic (exact) mass is 269 g/mol. The molecule has 0 aromatic heterocycles. The highest BCUT2D eigenvalue weighted by Gasteiger charge is 2.30. The first-order chi connectivity index (χ1) is 8.55. The minimum Gasteiger partial charge on any atom is -0.326 e. The first-order valence-electron chi connectivity index (χ1n) is 5.21. The quantitative estimate of drug-likeness (QED) is 0.801. The normalized spacial score (nSPS) is 11.3. The predicted molar refractivity (Wildman–Crippen MR) is 67.4 cm³/mol. The van der Waals surface area contributed by atoms with Crippen molar-refractivity contribution in [3.63, 3.8) is 0 Å². The van der Waals surface area contributed by atoms with E-state index in [0.717, 1.165) is 29.8 Å². The summed E-state index contributed by atoms with van der Waals surface area (Å²) in [6, 6.07) is 14.5. The Bertz CT molecular complexity index is 511. The molecule has 2 aromatic carbocycles. The number of alkyl halides is 3. The number of rotatable bonds is 3. The molecule has 2 aromatic rings. The van der Waals surface area contributed by atoms with E-state index >= 15 is 0 Å². The van der Waals surface area contributed by atoms with Gasteiger partial charge in [-0.1, -0.05) is 24.3 Å². The first-order valence-corrected chi connectivity index (χ1v) is 6.02. The van der Waals surface area contributed by atoms with Crippen molar-refractivity contribution in [1.29, 1.82) is 0 Å². The van der Waals surface area contributed by atoms with Gasteiger partial charge in [0.05, 0.1) is 5.56 Å². The molecule has 0 aliphatic carbocycles. The molecule has 0 bridgehead atoms. The summed E-state index contributed by atoms with van der Waals surface area (Å²) in [5, 5.41) is 0. The number of benzene rings is 2. The Kier molecular flexibility index (Phi) is 3.81. The number of para-hydroxylation sites is 1. The number of hydrogen-bond acceptors (Lipinski definition) is 2. The number of nitrogens with one attached hydrogen (secondary N) is 1. The van der Waals surface area contributed by atoms with Gasteiger partial charge in [-0.25, -0.2) is 0 Å². The van der Waals surface area contributed by atoms with Gasteiger partial charge in [0.1, 0.15) is 0 Å². The summed E-state index contributed by atoms with van der Waals surface area (Å²) < 4.78 is 40.5. The van der Waals surface area contributed by atoms with Crippen LogP contribution in [-0.4, -0.2) is 0 Å². The van der Waals surface area contributed by atoms with Crippen LogP contribution >= 0.6 is 11.9 Å². The zero-order valence-corrected chi connectivity index (χ0v) is 10.1. The fourth-order valence-electron chi connectivity index (χ4n) is 1.36. The number of hydrogen-bond donors (Lipinski definition) is 1. The third-order valence-electron chi connectivity index (χ3n) is 2.22. The van der Waals surface area contributed by atoms with Crippen molar-refractivity contribution in [2.45, 2.75) is 11.1 Å². The molecule has 0 fully saturated rings. The third kappa shape index (κ3) is 3.43. The van der Waals surface area contributed by atoms with Crippen LogP contribution in [-0.2, 0) is 6.18 Å². The van der Waals surface area contributed by atoms with E-state index in [1.165, 1.54) is 6.07 Å². The molecule has 1 N–H and O–H groups in total. The van der Waals surface area contributed by atoms with Crippen LogP contribution < -0.4 is 4.72 Å². The molecule has 0 heterocycles. The Labute approximate surface area is 107 Å². The fourth-order valence-corrected chi connectivity index (χ4v) is 2.06. The van der Waals surface area contributed by atoms with Gasteiger partial charge >= 0.3 is 6.18 Å². The second kappa shape index (κ2) is 5.35. The van der Waals surface area contributed by atoms with E-state index in [2.05, 4.69) is 4.72 Å². The Morgan fingerprint density at radius 2 is 1.61 bits per heavy atom. The van der Waals surface area contributed by atoms with Crippen molar-refractivity contribution >= 4 is 17.6 Å². The van der Waals surface area contributed by atoms with Gasteiger partial charge in [-0.15, -0.1) is 0 Å². The largest absolute Gasteiger partial charge is 0.416 e. The van der Waals surface area contributed by atoms with Crippen molar-refractivity contribution < 1.29 is 13.2 Å². The van der Waals surface area contributed by atoms with E-state index in [9.17, 15) is 13.2 Å². The lowest BCUT2D eigenvalue weighted by molar-refractivity contribution is -0.137. The van der Waals surface area contributed by atoms with Crippen LogP contribution in [0.3, 0.4) is 0 Å². The topological polar surface area (TPSA) is 12.0 Å². The summed E-state index contributed by atoms with van der Waals surface area (Å²) in [4.78, 5) is 0.522. The minimum absolute atomic E-state index is 0.522. The smallest absolute Gasteiger partial charge is 0.326 e. The predicted octanol–water partition coefficient (Wildman–Crippen LogP) is 4.82. The molecule has 0 radical (unpaired) electrons. The maximum atomic E-state index is 12.5. The van der Waals surface area contributed by atoms with Gasteiger partial charge in [-0.3, -0.25) is 0 Å². The zero-order chi connectivity index (χ0) is 13.0. The lowest BCUT2D eigenvalue weighted by Crippen LogP contribution is -2.04. The molecule has 0 aliphatic heterocycles. The fraction of sp³-hybridized carbons (Fsp3) is 0.0769. The van der Waals surface area contributed by atoms with Crippen molar-refractivity contribution in [1.82, 2.24) is 0 Å². The summed E-state index contributed by atoms with van der Waals surface area (Å²) in [6.45, 7) is 0. The number of halogens is 3. The van der Waals surface area contributed by atoms with Crippen LogP contribution in [0.25, 0.3) is 0 Å². The standard InChI is InChI=1S/C13H10F3NS/c14-13(15,16)10-5-4-8-12(9-10)18-17-11-6-2-1-3-7-11/h1-9,17H. The molecule has 0 saturated heterocycles. The molecule has 0 atom stereocenters. The Balaban J connectivity index is 2.06. The second-order valence-electron chi connectivity index (χ2n) is 3.60. The molecular formula is C13H10F3NS. The molecule has 94 valence electrons. The average Bonchev–Trinajstić information content (AvgIpc) is 2.37. The molecule has 0 amide bonds. The maximum absolute atomic E-state index is 12.5. The summed E-state index contributed by atoms with van der Waals surface area (Å²) in [6.07, 6.45) is -4.30. The van der Waals surface area contributed by atoms with Gasteiger partial charge in [0.15, 0.2) is 0 Å². The van der Waals surface area contributed by atoms with E-state index in [-0.39, 0.29) is 0 Å². The van der Waals surface area contributed by atoms with Crippen LogP contribution in [0, 0.1) is 0 Å². The van der Waals surface area contributed by atoms with E-state index < -0.39 is 11.7 Å². The Morgan fingerprint density at radius 3 is 2.28 bits per heavy atom. The highest BCUT2D eigenvalue weighted by molar-refractivity contribution is 8.00. The van der Waals surface area contributed by atoms with Crippen LogP contribution in [0.4, 0.5) is 18.9 Å².